The number of benzene rings is 1. The van der Waals surface area contributed by atoms with E-state index in [1.807, 2.05) is 0 Å². The molecule has 1 heterocycles. The molecule has 1 aliphatic heterocycles. The second kappa shape index (κ2) is 6.72. The van der Waals surface area contributed by atoms with E-state index in [4.69, 9.17) is 19.9 Å². The summed E-state index contributed by atoms with van der Waals surface area (Å²) in [7, 11) is 0.558. The van der Waals surface area contributed by atoms with Crippen molar-refractivity contribution in [2.75, 3.05) is 34.4 Å². The average molecular weight is 330 g/mol. The van der Waals surface area contributed by atoms with Gasteiger partial charge in [0.1, 0.15) is 17.2 Å². The van der Waals surface area contributed by atoms with E-state index in [9.17, 15) is 8.42 Å². The molecule has 1 unspecified atom stereocenters. The zero-order valence-electron chi connectivity index (χ0n) is 13.0. The lowest BCUT2D eigenvalue weighted by Crippen LogP contribution is -2.45. The number of nitrogens with two attached hydrogens (primary N) is 1. The van der Waals surface area contributed by atoms with E-state index in [0.29, 0.717) is 18.8 Å². The first-order valence-corrected chi connectivity index (χ1v) is 8.43. The quantitative estimate of drug-likeness (QED) is 0.860. The van der Waals surface area contributed by atoms with E-state index in [1.165, 1.54) is 37.8 Å². The van der Waals surface area contributed by atoms with Crippen molar-refractivity contribution in [3.05, 3.63) is 12.1 Å². The van der Waals surface area contributed by atoms with Crippen molar-refractivity contribution in [2.45, 2.75) is 23.8 Å². The topological polar surface area (TPSA) is 91.1 Å². The maximum atomic E-state index is 13.0. The van der Waals surface area contributed by atoms with Crippen molar-refractivity contribution in [2.24, 2.45) is 5.73 Å². The van der Waals surface area contributed by atoms with Crippen LogP contribution in [0.25, 0.3) is 0 Å². The Morgan fingerprint density at radius 1 is 1.14 bits per heavy atom. The molecular formula is C14H22N2O5S. The summed E-state index contributed by atoms with van der Waals surface area (Å²) in [5.74, 6) is 0.841. The van der Waals surface area contributed by atoms with Crippen molar-refractivity contribution in [1.82, 2.24) is 4.31 Å². The zero-order chi connectivity index (χ0) is 16.3. The summed E-state index contributed by atoms with van der Waals surface area (Å²) in [6.07, 6.45) is 1.56. The molecular weight excluding hydrogens is 308 g/mol. The van der Waals surface area contributed by atoms with Gasteiger partial charge in [-0.05, 0) is 12.8 Å². The molecule has 1 saturated heterocycles. The highest BCUT2D eigenvalue weighted by atomic mass is 32.2. The number of rotatable bonds is 5. The minimum absolute atomic E-state index is 0.00685. The van der Waals surface area contributed by atoms with Gasteiger partial charge in [0.25, 0.3) is 10.0 Å². The van der Waals surface area contributed by atoms with Crippen LogP contribution < -0.4 is 19.9 Å². The van der Waals surface area contributed by atoms with Crippen LogP contribution in [-0.2, 0) is 10.0 Å². The fourth-order valence-corrected chi connectivity index (χ4v) is 4.36. The van der Waals surface area contributed by atoms with Gasteiger partial charge in [-0.15, -0.1) is 0 Å². The van der Waals surface area contributed by atoms with E-state index >= 15 is 0 Å². The monoisotopic (exact) mass is 330 g/mol. The summed E-state index contributed by atoms with van der Waals surface area (Å²) < 4.78 is 42.9. The van der Waals surface area contributed by atoms with E-state index < -0.39 is 10.0 Å². The van der Waals surface area contributed by atoms with Crippen LogP contribution in [0.2, 0.25) is 0 Å². The summed E-state index contributed by atoms with van der Waals surface area (Å²) in [6.45, 7) is 0.731. The Labute approximate surface area is 131 Å². The molecule has 0 saturated carbocycles. The maximum Gasteiger partial charge on any atom is 0.250 e. The van der Waals surface area contributed by atoms with Gasteiger partial charge >= 0.3 is 0 Å². The Kier molecular flexibility index (Phi) is 5.15. The van der Waals surface area contributed by atoms with Crippen LogP contribution in [-0.4, -0.2) is 53.2 Å². The molecule has 1 atom stereocenters. The van der Waals surface area contributed by atoms with Crippen molar-refractivity contribution >= 4 is 10.0 Å². The van der Waals surface area contributed by atoms with E-state index in [0.717, 1.165) is 12.8 Å². The van der Waals surface area contributed by atoms with Crippen LogP contribution >= 0.6 is 0 Å². The number of piperidine rings is 1. The van der Waals surface area contributed by atoms with Gasteiger partial charge in [-0.3, -0.25) is 0 Å². The fourth-order valence-electron chi connectivity index (χ4n) is 2.55. The lowest BCUT2D eigenvalue weighted by Gasteiger charge is -2.30. The summed E-state index contributed by atoms with van der Waals surface area (Å²) in [5, 5.41) is 0. The minimum Gasteiger partial charge on any atom is -0.496 e. The summed E-state index contributed by atoms with van der Waals surface area (Å²) in [6, 6.07) is 2.90. The molecule has 8 heteroatoms. The second-order valence-electron chi connectivity index (χ2n) is 5.13. The lowest BCUT2D eigenvalue weighted by atomic mass is 10.1. The number of nitrogens with zero attached hydrogens (tertiary/aromatic N) is 1. The Morgan fingerprint density at radius 3 is 2.18 bits per heavy atom. The van der Waals surface area contributed by atoms with Crippen LogP contribution in [0.3, 0.4) is 0 Å². The predicted molar refractivity (Wildman–Crippen MR) is 82.1 cm³/mol. The normalized spacial score (nSPS) is 19.7. The molecule has 0 bridgehead atoms. The molecule has 1 aromatic rings. The molecule has 22 heavy (non-hydrogen) atoms. The first kappa shape index (κ1) is 16.9. The predicted octanol–water partition coefficient (Wildman–Crippen LogP) is 0.824. The largest absolute Gasteiger partial charge is 0.496 e. The molecule has 124 valence electrons. The zero-order valence-corrected chi connectivity index (χ0v) is 13.9. The molecule has 2 rings (SSSR count). The van der Waals surface area contributed by atoms with Crippen LogP contribution in [0.5, 0.6) is 17.2 Å². The number of ether oxygens (including phenoxy) is 3. The minimum atomic E-state index is -3.76. The Morgan fingerprint density at radius 2 is 1.73 bits per heavy atom. The molecule has 7 nitrogen and oxygen atoms in total. The first-order chi connectivity index (χ1) is 10.4. The van der Waals surface area contributed by atoms with Crippen molar-refractivity contribution in [1.29, 1.82) is 0 Å². The van der Waals surface area contributed by atoms with Gasteiger partial charge in [-0.25, -0.2) is 8.42 Å². The fraction of sp³-hybridized carbons (Fsp3) is 0.571. The number of sulfonamides is 1. The second-order valence-corrected chi connectivity index (χ2v) is 7.00. The van der Waals surface area contributed by atoms with Crippen molar-refractivity contribution < 1.29 is 22.6 Å². The maximum absolute atomic E-state index is 13.0. The molecule has 0 spiro atoms. The Hall–Kier alpha value is -1.51. The molecule has 1 fully saturated rings. The third kappa shape index (κ3) is 3.13. The van der Waals surface area contributed by atoms with Gasteiger partial charge in [0, 0.05) is 31.3 Å². The SMILES string of the molecule is COc1cc(OC)c(S(=O)(=O)N2CCCC(N)C2)c(OC)c1. The molecule has 0 amide bonds. The highest BCUT2D eigenvalue weighted by molar-refractivity contribution is 7.89. The summed E-state index contributed by atoms with van der Waals surface area (Å²) in [5.41, 5.74) is 5.90. The average Bonchev–Trinajstić information content (AvgIpc) is 2.53. The van der Waals surface area contributed by atoms with E-state index in [2.05, 4.69) is 0 Å². The van der Waals surface area contributed by atoms with Crippen molar-refractivity contribution in [3.63, 3.8) is 0 Å². The van der Waals surface area contributed by atoms with Gasteiger partial charge in [0.05, 0.1) is 21.3 Å². The van der Waals surface area contributed by atoms with Gasteiger partial charge in [0.15, 0.2) is 4.90 Å². The molecule has 1 aromatic carbocycles. The molecule has 0 aliphatic carbocycles. The van der Waals surface area contributed by atoms with Crippen molar-refractivity contribution in [3.8, 4) is 17.2 Å². The van der Waals surface area contributed by atoms with E-state index in [-0.39, 0.29) is 22.4 Å². The van der Waals surface area contributed by atoms with Crippen LogP contribution in [0.1, 0.15) is 12.8 Å². The third-order valence-electron chi connectivity index (χ3n) is 3.69. The number of methoxy groups -OCH3 is 3. The van der Waals surface area contributed by atoms with Crippen LogP contribution in [0.4, 0.5) is 0 Å². The van der Waals surface area contributed by atoms with Crippen LogP contribution in [0.15, 0.2) is 17.0 Å². The highest BCUT2D eigenvalue weighted by Crippen LogP contribution is 2.39. The Balaban J connectivity index is 2.54. The third-order valence-corrected chi connectivity index (χ3v) is 5.62. The lowest BCUT2D eigenvalue weighted by molar-refractivity contribution is 0.310. The molecule has 2 N–H and O–H groups in total. The number of hydrogen-bond acceptors (Lipinski definition) is 6. The first-order valence-electron chi connectivity index (χ1n) is 6.99. The van der Waals surface area contributed by atoms with Gasteiger partial charge < -0.3 is 19.9 Å². The Bertz CT molecular complexity index is 607. The smallest absolute Gasteiger partial charge is 0.250 e. The molecule has 0 aromatic heterocycles. The standard InChI is InChI=1S/C14H22N2O5S/c1-19-11-7-12(20-2)14(13(8-11)21-3)22(17,18)16-6-4-5-10(15)9-16/h7-8,10H,4-6,9,15H2,1-3H3. The highest BCUT2D eigenvalue weighted by Gasteiger charge is 2.34. The van der Waals surface area contributed by atoms with Gasteiger partial charge in [-0.2, -0.15) is 4.31 Å². The van der Waals surface area contributed by atoms with Gasteiger partial charge in [0.2, 0.25) is 0 Å². The summed E-state index contributed by atoms with van der Waals surface area (Å²) in [4.78, 5) is 0.00685. The summed E-state index contributed by atoms with van der Waals surface area (Å²) >= 11 is 0. The van der Waals surface area contributed by atoms with Gasteiger partial charge in [-0.1, -0.05) is 0 Å². The molecule has 1 aliphatic rings. The van der Waals surface area contributed by atoms with Crippen LogP contribution in [0, 0.1) is 0 Å². The van der Waals surface area contributed by atoms with E-state index in [1.54, 1.807) is 0 Å². The number of hydrogen-bond donors (Lipinski definition) is 1. The molecule has 0 radical (unpaired) electrons.